The van der Waals surface area contributed by atoms with Crippen molar-refractivity contribution in [3.8, 4) is 0 Å². The number of hydrogen-bond acceptors (Lipinski definition) is 3. The van der Waals surface area contributed by atoms with Crippen molar-refractivity contribution in [2.45, 2.75) is 12.8 Å². The fraction of sp³-hybridized carbons (Fsp3) is 0.400. The van der Waals surface area contributed by atoms with E-state index in [1.165, 1.54) is 5.06 Å². The van der Waals surface area contributed by atoms with Crippen molar-refractivity contribution in [2.75, 3.05) is 13.2 Å². The van der Waals surface area contributed by atoms with Gasteiger partial charge in [-0.1, -0.05) is 11.6 Å². The van der Waals surface area contributed by atoms with Gasteiger partial charge in [0.25, 0.3) is 5.91 Å². The number of aromatic nitrogens is 1. The minimum absolute atomic E-state index is 0.215. The predicted molar refractivity (Wildman–Crippen MR) is 55.5 cm³/mol. The van der Waals surface area contributed by atoms with E-state index in [9.17, 15) is 4.79 Å². The van der Waals surface area contributed by atoms with Crippen LogP contribution in [0.25, 0.3) is 0 Å². The zero-order valence-corrected chi connectivity index (χ0v) is 8.91. The topological polar surface area (TPSA) is 42.4 Å². The summed E-state index contributed by atoms with van der Waals surface area (Å²) in [4.78, 5) is 21.0. The molecule has 1 amide bonds. The first-order valence-electron chi connectivity index (χ1n) is 4.84. The smallest absolute Gasteiger partial charge is 0.271 e. The molecule has 5 heteroatoms. The summed E-state index contributed by atoms with van der Waals surface area (Å²) in [6, 6.07) is 3.33. The summed E-state index contributed by atoms with van der Waals surface area (Å²) in [6.07, 6.45) is 3.50. The second-order valence-electron chi connectivity index (χ2n) is 3.29. The van der Waals surface area contributed by atoms with E-state index in [1.807, 2.05) is 0 Å². The number of hydrogen-bond donors (Lipinski definition) is 0. The molecule has 1 aromatic heterocycles. The Morgan fingerprint density at radius 2 is 2.40 bits per heavy atom. The molecule has 0 saturated carbocycles. The third-order valence-corrected chi connectivity index (χ3v) is 2.52. The highest BCUT2D eigenvalue weighted by molar-refractivity contribution is 6.32. The van der Waals surface area contributed by atoms with Crippen LogP contribution in [0.1, 0.15) is 23.2 Å². The lowest BCUT2D eigenvalue weighted by Gasteiger charge is -2.25. The lowest BCUT2D eigenvalue weighted by Crippen LogP contribution is -2.35. The predicted octanol–water partition coefficient (Wildman–Crippen LogP) is 1.90. The van der Waals surface area contributed by atoms with E-state index in [4.69, 9.17) is 16.4 Å². The van der Waals surface area contributed by atoms with Gasteiger partial charge in [0, 0.05) is 12.7 Å². The van der Waals surface area contributed by atoms with Crippen molar-refractivity contribution in [2.24, 2.45) is 0 Å². The summed E-state index contributed by atoms with van der Waals surface area (Å²) in [5.41, 5.74) is 0.390. The van der Waals surface area contributed by atoms with Gasteiger partial charge in [0.1, 0.15) is 5.15 Å². The van der Waals surface area contributed by atoms with Crippen molar-refractivity contribution in [3.63, 3.8) is 0 Å². The van der Waals surface area contributed by atoms with E-state index in [1.54, 1.807) is 18.3 Å². The first-order chi connectivity index (χ1) is 7.29. The molecule has 0 unspecified atom stereocenters. The van der Waals surface area contributed by atoms with Crippen molar-refractivity contribution in [1.29, 1.82) is 0 Å². The number of carbonyl (C=O) groups excluding carboxylic acids is 1. The van der Waals surface area contributed by atoms with Gasteiger partial charge in [0.05, 0.1) is 12.2 Å². The number of carbonyl (C=O) groups is 1. The van der Waals surface area contributed by atoms with Crippen LogP contribution in [-0.4, -0.2) is 29.1 Å². The van der Waals surface area contributed by atoms with Crippen LogP contribution in [0.4, 0.5) is 0 Å². The molecular weight excluding hydrogens is 216 g/mol. The molecule has 4 nitrogen and oxygen atoms in total. The fourth-order valence-electron chi connectivity index (χ4n) is 1.44. The molecule has 1 aliphatic rings. The normalized spacial score (nSPS) is 16.5. The van der Waals surface area contributed by atoms with Gasteiger partial charge in [-0.3, -0.25) is 9.63 Å². The SMILES string of the molecule is O=C(c1cccnc1Cl)N1CCCCO1. The second-order valence-corrected chi connectivity index (χ2v) is 3.65. The fourth-order valence-corrected chi connectivity index (χ4v) is 1.64. The van der Waals surface area contributed by atoms with Crippen molar-refractivity contribution in [3.05, 3.63) is 29.0 Å². The molecule has 1 fully saturated rings. The maximum Gasteiger partial charge on any atom is 0.280 e. The van der Waals surface area contributed by atoms with Gasteiger partial charge < -0.3 is 0 Å². The summed E-state index contributed by atoms with van der Waals surface area (Å²) in [5.74, 6) is -0.215. The molecule has 0 spiro atoms. The maximum atomic E-state index is 11.9. The average Bonchev–Trinajstić information content (AvgIpc) is 2.30. The average molecular weight is 227 g/mol. The highest BCUT2D eigenvalue weighted by Gasteiger charge is 2.21. The van der Waals surface area contributed by atoms with Gasteiger partial charge in [-0.15, -0.1) is 0 Å². The van der Waals surface area contributed by atoms with Gasteiger partial charge in [-0.25, -0.2) is 10.0 Å². The van der Waals surface area contributed by atoms with Gasteiger partial charge in [-0.2, -0.15) is 0 Å². The number of hydroxylamine groups is 2. The molecule has 0 radical (unpaired) electrons. The summed E-state index contributed by atoms with van der Waals surface area (Å²) in [7, 11) is 0. The van der Waals surface area contributed by atoms with Crippen LogP contribution in [0.5, 0.6) is 0 Å². The second kappa shape index (κ2) is 4.59. The van der Waals surface area contributed by atoms with Gasteiger partial charge >= 0.3 is 0 Å². The number of pyridine rings is 1. The molecule has 1 aromatic rings. The summed E-state index contributed by atoms with van der Waals surface area (Å²) in [6.45, 7) is 1.20. The van der Waals surface area contributed by atoms with Gasteiger partial charge in [0.2, 0.25) is 0 Å². The maximum absolute atomic E-state index is 11.9. The molecule has 2 heterocycles. The minimum atomic E-state index is -0.215. The van der Waals surface area contributed by atoms with Crippen LogP contribution in [0.15, 0.2) is 18.3 Å². The van der Waals surface area contributed by atoms with Crippen molar-refractivity contribution < 1.29 is 9.63 Å². The quantitative estimate of drug-likeness (QED) is 0.687. The molecule has 15 heavy (non-hydrogen) atoms. The first kappa shape index (κ1) is 10.4. The van der Waals surface area contributed by atoms with E-state index in [-0.39, 0.29) is 11.1 Å². The van der Waals surface area contributed by atoms with Crippen LogP contribution < -0.4 is 0 Å². The third kappa shape index (κ3) is 2.27. The molecule has 0 aliphatic carbocycles. The molecule has 0 atom stereocenters. The summed E-state index contributed by atoms with van der Waals surface area (Å²) in [5, 5.41) is 1.57. The zero-order chi connectivity index (χ0) is 10.7. The van der Waals surface area contributed by atoms with E-state index in [2.05, 4.69) is 4.98 Å². The molecule has 2 rings (SSSR count). The van der Waals surface area contributed by atoms with E-state index >= 15 is 0 Å². The number of rotatable bonds is 1. The Balaban J connectivity index is 2.16. The van der Waals surface area contributed by atoms with Crippen molar-refractivity contribution in [1.82, 2.24) is 10.0 Å². The van der Waals surface area contributed by atoms with Crippen molar-refractivity contribution >= 4 is 17.5 Å². The molecule has 0 N–H and O–H groups in total. The third-order valence-electron chi connectivity index (χ3n) is 2.22. The van der Waals surface area contributed by atoms with Crippen LogP contribution >= 0.6 is 11.6 Å². The summed E-state index contributed by atoms with van der Waals surface area (Å²) >= 11 is 5.82. The van der Waals surface area contributed by atoms with E-state index in [0.717, 1.165) is 12.8 Å². The molecule has 1 aliphatic heterocycles. The Morgan fingerprint density at radius 1 is 1.53 bits per heavy atom. The standard InChI is InChI=1S/C10H11ClN2O2/c11-9-8(4-3-5-12-9)10(14)13-6-1-2-7-15-13/h3-5H,1-2,6-7H2. The number of nitrogens with zero attached hydrogens (tertiary/aromatic N) is 2. The Labute approximate surface area is 92.8 Å². The Morgan fingerprint density at radius 3 is 3.07 bits per heavy atom. The minimum Gasteiger partial charge on any atom is -0.271 e. The number of amides is 1. The van der Waals surface area contributed by atoms with Gasteiger partial charge in [-0.05, 0) is 25.0 Å². The lowest BCUT2D eigenvalue weighted by atomic mass is 10.2. The monoisotopic (exact) mass is 226 g/mol. The molecule has 80 valence electrons. The Hall–Kier alpha value is -1.13. The number of halogens is 1. The van der Waals surface area contributed by atoms with E-state index in [0.29, 0.717) is 18.7 Å². The van der Waals surface area contributed by atoms with Crippen LogP contribution in [-0.2, 0) is 4.84 Å². The molecule has 1 saturated heterocycles. The van der Waals surface area contributed by atoms with Crippen LogP contribution in [0, 0.1) is 0 Å². The Bertz CT molecular complexity index is 364. The summed E-state index contributed by atoms with van der Waals surface area (Å²) < 4.78 is 0. The van der Waals surface area contributed by atoms with E-state index < -0.39 is 0 Å². The zero-order valence-electron chi connectivity index (χ0n) is 8.15. The molecular formula is C10H11ClN2O2. The van der Waals surface area contributed by atoms with Crippen LogP contribution in [0.3, 0.4) is 0 Å². The highest BCUT2D eigenvalue weighted by Crippen LogP contribution is 2.16. The Kier molecular flexibility index (Phi) is 3.18. The highest BCUT2D eigenvalue weighted by atomic mass is 35.5. The first-order valence-corrected chi connectivity index (χ1v) is 5.22. The largest absolute Gasteiger partial charge is 0.280 e. The van der Waals surface area contributed by atoms with Crippen LogP contribution in [0.2, 0.25) is 5.15 Å². The molecule has 0 bridgehead atoms. The molecule has 0 aromatic carbocycles. The van der Waals surface area contributed by atoms with Gasteiger partial charge in [0.15, 0.2) is 0 Å². The lowest BCUT2D eigenvalue weighted by molar-refractivity contribution is -0.144.